The Kier molecular flexibility index (Phi) is 2.30. The molecule has 18 heavy (non-hydrogen) atoms. The summed E-state index contributed by atoms with van der Waals surface area (Å²) in [6.45, 7) is 0. The van der Waals surface area contributed by atoms with Crippen LogP contribution in [0.2, 0.25) is 0 Å². The molecule has 0 aliphatic carbocycles. The largest absolute Gasteiger partial charge is 0.467 e. The van der Waals surface area contributed by atoms with Crippen molar-refractivity contribution in [1.29, 1.82) is 0 Å². The molecule has 1 saturated heterocycles. The summed E-state index contributed by atoms with van der Waals surface area (Å²) in [6, 6.07) is 6.68. The van der Waals surface area contributed by atoms with Gasteiger partial charge in [-0.25, -0.2) is 13.2 Å². The first kappa shape index (κ1) is 11.7. The maximum atomic E-state index is 12.0. The van der Waals surface area contributed by atoms with Gasteiger partial charge in [0, 0.05) is 5.56 Å². The number of rotatable bonds is 1. The fourth-order valence-electron chi connectivity index (χ4n) is 2.53. The quantitative estimate of drug-likeness (QED) is 0.552. The lowest BCUT2D eigenvalue weighted by molar-refractivity contribution is -0.142. The average molecular weight is 268 g/mol. The average Bonchev–Trinajstić information content (AvgIpc) is 3.10. The van der Waals surface area contributed by atoms with Gasteiger partial charge in [0.1, 0.15) is 5.60 Å². The molecule has 0 saturated carbocycles. The molecule has 2 heterocycles. The number of epoxide rings is 1. The highest BCUT2D eigenvalue weighted by atomic mass is 32.2. The van der Waals surface area contributed by atoms with Crippen LogP contribution in [0.5, 0.6) is 0 Å². The summed E-state index contributed by atoms with van der Waals surface area (Å²) in [5, 5.41) is 0. The Hall–Kier alpha value is -1.40. The minimum Gasteiger partial charge on any atom is -0.467 e. The molecule has 0 amide bonds. The number of carbonyl (C=O) groups is 1. The molecule has 1 fully saturated rings. The minimum absolute atomic E-state index is 0.00247. The first-order valence-electron chi connectivity index (χ1n) is 5.59. The molecule has 3 rings (SSSR count). The van der Waals surface area contributed by atoms with Gasteiger partial charge in [0.2, 0.25) is 0 Å². The van der Waals surface area contributed by atoms with Gasteiger partial charge in [-0.3, -0.25) is 0 Å². The molecule has 2 atom stereocenters. The highest BCUT2D eigenvalue weighted by molar-refractivity contribution is 7.91. The van der Waals surface area contributed by atoms with Crippen molar-refractivity contribution in [2.75, 3.05) is 12.9 Å². The van der Waals surface area contributed by atoms with E-state index in [1.165, 1.54) is 7.11 Å². The lowest BCUT2D eigenvalue weighted by Gasteiger charge is -2.22. The maximum absolute atomic E-state index is 12.0. The summed E-state index contributed by atoms with van der Waals surface area (Å²) in [4.78, 5) is 11.8. The summed E-state index contributed by atoms with van der Waals surface area (Å²) >= 11 is 0. The second kappa shape index (κ2) is 3.55. The van der Waals surface area contributed by atoms with Crippen LogP contribution in [-0.4, -0.2) is 33.4 Å². The summed E-state index contributed by atoms with van der Waals surface area (Å²) in [7, 11) is -1.97. The number of methoxy groups -OCH3 is 1. The number of hydrogen-bond donors (Lipinski definition) is 0. The van der Waals surface area contributed by atoms with E-state index in [0.717, 1.165) is 0 Å². The molecule has 0 bridgehead atoms. The fourth-order valence-corrected chi connectivity index (χ4v) is 4.19. The van der Waals surface area contributed by atoms with Crippen LogP contribution in [0.1, 0.15) is 12.0 Å². The molecule has 1 aromatic rings. The van der Waals surface area contributed by atoms with Crippen LogP contribution in [0.4, 0.5) is 0 Å². The molecular formula is C12H12O5S. The monoisotopic (exact) mass is 268 g/mol. The molecular weight excluding hydrogens is 256 g/mol. The second-order valence-electron chi connectivity index (χ2n) is 4.48. The third kappa shape index (κ3) is 1.42. The van der Waals surface area contributed by atoms with Crippen molar-refractivity contribution >= 4 is 15.8 Å². The molecule has 0 N–H and O–H groups in total. The Bertz CT molecular complexity index is 621. The van der Waals surface area contributed by atoms with E-state index in [9.17, 15) is 13.2 Å². The molecule has 5 nitrogen and oxygen atoms in total. The van der Waals surface area contributed by atoms with E-state index in [-0.39, 0.29) is 10.6 Å². The number of hydrogen-bond acceptors (Lipinski definition) is 5. The maximum Gasteiger partial charge on any atom is 0.338 e. The number of fused-ring (bicyclic) bond motifs is 2. The van der Waals surface area contributed by atoms with Gasteiger partial charge in [-0.05, 0) is 12.5 Å². The van der Waals surface area contributed by atoms with Gasteiger partial charge in [-0.1, -0.05) is 18.2 Å². The van der Waals surface area contributed by atoms with Crippen LogP contribution >= 0.6 is 0 Å². The summed E-state index contributed by atoms with van der Waals surface area (Å²) in [6.07, 6.45) is -0.384. The number of sulfone groups is 1. The van der Waals surface area contributed by atoms with Crippen LogP contribution in [0.25, 0.3) is 0 Å². The summed E-state index contributed by atoms with van der Waals surface area (Å²) in [5.74, 6) is -0.457. The van der Waals surface area contributed by atoms with E-state index in [1.807, 2.05) is 0 Å². The Morgan fingerprint density at radius 3 is 2.89 bits per heavy atom. The van der Waals surface area contributed by atoms with Gasteiger partial charge in [0.05, 0.1) is 17.8 Å². The Labute approximate surface area is 105 Å². The summed E-state index contributed by atoms with van der Waals surface area (Å²) < 4.78 is 34.1. The molecule has 2 aliphatic heterocycles. The zero-order valence-electron chi connectivity index (χ0n) is 9.75. The predicted octanol–water partition coefficient (Wildman–Crippen LogP) is 0.631. The van der Waals surface area contributed by atoms with E-state index in [2.05, 4.69) is 4.74 Å². The minimum atomic E-state index is -3.26. The van der Waals surface area contributed by atoms with Crippen molar-refractivity contribution in [2.24, 2.45) is 0 Å². The number of esters is 1. The molecule has 0 radical (unpaired) electrons. The van der Waals surface area contributed by atoms with Crippen molar-refractivity contribution in [2.45, 2.75) is 23.0 Å². The van der Waals surface area contributed by atoms with E-state index in [4.69, 9.17) is 4.74 Å². The first-order valence-corrected chi connectivity index (χ1v) is 7.24. The molecule has 2 aliphatic rings. The van der Waals surface area contributed by atoms with Crippen LogP contribution < -0.4 is 0 Å². The highest BCUT2D eigenvalue weighted by Gasteiger charge is 2.65. The molecule has 2 unspecified atom stereocenters. The normalized spacial score (nSPS) is 31.7. The second-order valence-corrected chi connectivity index (χ2v) is 6.55. The first-order chi connectivity index (χ1) is 8.51. The predicted molar refractivity (Wildman–Crippen MR) is 61.7 cm³/mol. The zero-order chi connectivity index (χ0) is 13.0. The highest BCUT2D eigenvalue weighted by Crippen LogP contribution is 2.54. The van der Waals surface area contributed by atoms with Gasteiger partial charge in [-0.2, -0.15) is 0 Å². The standard InChI is InChI=1S/C12H12O5S/c1-16-11(13)10-12(17-10)6-7-18(14,15)9-5-3-2-4-8(9)12/h2-5,10H,6-7H2,1H3. The number of benzene rings is 1. The van der Waals surface area contributed by atoms with Crippen LogP contribution in [-0.2, 0) is 29.7 Å². The SMILES string of the molecule is COC(=O)C1OC12CCS(=O)(=O)c1ccccc12. The number of ether oxygens (including phenoxy) is 2. The van der Waals surface area contributed by atoms with Crippen molar-refractivity contribution in [3.05, 3.63) is 29.8 Å². The van der Waals surface area contributed by atoms with E-state index in [1.54, 1.807) is 24.3 Å². The van der Waals surface area contributed by atoms with Crippen molar-refractivity contribution in [1.82, 2.24) is 0 Å². The summed E-state index contributed by atoms with van der Waals surface area (Å²) in [5.41, 5.74) is -0.221. The van der Waals surface area contributed by atoms with Crippen molar-refractivity contribution in [3.8, 4) is 0 Å². The van der Waals surface area contributed by atoms with Gasteiger partial charge in [0.15, 0.2) is 15.9 Å². The van der Waals surface area contributed by atoms with Gasteiger partial charge in [-0.15, -0.1) is 0 Å². The molecule has 0 aromatic heterocycles. The van der Waals surface area contributed by atoms with Crippen molar-refractivity contribution < 1.29 is 22.7 Å². The van der Waals surface area contributed by atoms with Gasteiger partial charge < -0.3 is 9.47 Å². The van der Waals surface area contributed by atoms with E-state index >= 15 is 0 Å². The smallest absolute Gasteiger partial charge is 0.338 e. The van der Waals surface area contributed by atoms with Gasteiger partial charge in [0.25, 0.3) is 0 Å². The Balaban J connectivity index is 2.10. The van der Waals surface area contributed by atoms with Crippen molar-refractivity contribution in [3.63, 3.8) is 0 Å². The third-order valence-corrected chi connectivity index (χ3v) is 5.30. The lowest BCUT2D eigenvalue weighted by atomic mass is 9.92. The van der Waals surface area contributed by atoms with Gasteiger partial charge >= 0.3 is 5.97 Å². The molecule has 1 aromatic carbocycles. The molecule has 6 heteroatoms. The van der Waals surface area contributed by atoms with E-state index in [0.29, 0.717) is 12.0 Å². The van der Waals surface area contributed by atoms with Crippen LogP contribution in [0.15, 0.2) is 29.2 Å². The zero-order valence-corrected chi connectivity index (χ0v) is 10.6. The Morgan fingerprint density at radius 2 is 2.17 bits per heavy atom. The number of carbonyl (C=O) groups excluding carboxylic acids is 1. The Morgan fingerprint density at radius 1 is 1.44 bits per heavy atom. The van der Waals surface area contributed by atoms with Crippen LogP contribution in [0.3, 0.4) is 0 Å². The lowest BCUT2D eigenvalue weighted by Crippen LogP contribution is -2.30. The molecule has 96 valence electrons. The van der Waals surface area contributed by atoms with E-state index < -0.39 is 27.5 Å². The van der Waals surface area contributed by atoms with Crippen LogP contribution in [0, 0.1) is 0 Å². The third-order valence-electron chi connectivity index (χ3n) is 3.53. The molecule has 1 spiro atoms. The fraction of sp³-hybridized carbons (Fsp3) is 0.417. The topological polar surface area (TPSA) is 73.0 Å².